The van der Waals surface area contributed by atoms with Crippen molar-refractivity contribution in [1.82, 2.24) is 14.7 Å². The van der Waals surface area contributed by atoms with Gasteiger partial charge in [-0.3, -0.25) is 19.3 Å². The van der Waals surface area contributed by atoms with E-state index in [1.807, 2.05) is 41.3 Å². The highest BCUT2D eigenvalue weighted by atomic mass is 32.2. The second-order valence-electron chi connectivity index (χ2n) is 11.9. The number of nitrogens with zero attached hydrogens (tertiary/aromatic N) is 4. The molecule has 3 amide bonds. The molecule has 9 nitrogen and oxygen atoms in total. The van der Waals surface area contributed by atoms with Crippen LogP contribution in [0.15, 0.2) is 54.6 Å². The molecule has 10 heteroatoms. The van der Waals surface area contributed by atoms with Gasteiger partial charge in [0, 0.05) is 63.4 Å². The fourth-order valence-electron chi connectivity index (χ4n) is 7.30. The molecule has 5 heterocycles. The first-order valence-electron chi connectivity index (χ1n) is 15.4. The Bertz CT molecular complexity index is 1200. The number of amides is 3. The maximum atomic E-state index is 14.5. The molecule has 226 valence electrons. The number of fused-ring (bicyclic) bond motifs is 2. The fraction of sp³-hybridized carbons (Fsp3) is 0.594. The molecule has 5 aliphatic rings. The number of hydrogen-bond acceptors (Lipinski definition) is 7. The van der Waals surface area contributed by atoms with Crippen molar-refractivity contribution in [3.63, 3.8) is 0 Å². The lowest BCUT2D eigenvalue weighted by Crippen LogP contribution is -2.54. The Morgan fingerprint density at radius 1 is 0.881 bits per heavy atom. The number of ether oxygens (including phenoxy) is 1. The first-order chi connectivity index (χ1) is 20.5. The third-order valence-electron chi connectivity index (χ3n) is 9.41. The summed E-state index contributed by atoms with van der Waals surface area (Å²) in [6.07, 6.45) is 11.5. The number of aliphatic hydroxyl groups is 1. The Morgan fingerprint density at radius 2 is 1.67 bits per heavy atom. The first-order valence-corrected chi connectivity index (χ1v) is 16.3. The summed E-state index contributed by atoms with van der Waals surface area (Å²) in [5.41, 5.74) is 0.822. The Labute approximate surface area is 252 Å². The number of carbonyl (C=O) groups excluding carboxylic acids is 3. The predicted octanol–water partition coefficient (Wildman–Crippen LogP) is 2.17. The number of unbranched alkanes of at least 4 members (excludes halogenated alkanes) is 3. The Morgan fingerprint density at radius 3 is 2.45 bits per heavy atom. The zero-order valence-electron chi connectivity index (χ0n) is 24.2. The van der Waals surface area contributed by atoms with Crippen LogP contribution in [0.4, 0.5) is 5.69 Å². The molecular formula is C32H42N4O5S. The molecule has 42 heavy (non-hydrogen) atoms. The maximum absolute atomic E-state index is 14.5. The molecule has 1 spiro atoms. The summed E-state index contributed by atoms with van der Waals surface area (Å²) in [5, 5.41) is 9.03. The molecule has 0 aromatic heterocycles. The van der Waals surface area contributed by atoms with E-state index in [0.717, 1.165) is 51.0 Å². The van der Waals surface area contributed by atoms with Gasteiger partial charge in [0.15, 0.2) is 0 Å². The molecule has 3 fully saturated rings. The van der Waals surface area contributed by atoms with Crippen LogP contribution in [0.25, 0.3) is 0 Å². The fourth-order valence-corrected chi connectivity index (χ4v) is 9.31. The molecule has 3 saturated heterocycles. The molecular weight excluding hydrogens is 552 g/mol. The summed E-state index contributed by atoms with van der Waals surface area (Å²) in [5.74, 6) is -1.28. The quantitative estimate of drug-likeness (QED) is 0.328. The van der Waals surface area contributed by atoms with Crippen molar-refractivity contribution in [2.75, 3.05) is 70.5 Å². The van der Waals surface area contributed by atoms with Crippen LogP contribution in [0.5, 0.6) is 0 Å². The Kier molecular flexibility index (Phi) is 9.04. The summed E-state index contributed by atoms with van der Waals surface area (Å²) in [4.78, 5) is 51.0. The topological polar surface area (TPSA) is 93.6 Å². The van der Waals surface area contributed by atoms with Crippen molar-refractivity contribution < 1.29 is 24.2 Å². The first kappa shape index (κ1) is 29.4. The molecule has 1 aromatic rings. The van der Waals surface area contributed by atoms with Crippen molar-refractivity contribution in [2.24, 2.45) is 11.8 Å². The summed E-state index contributed by atoms with van der Waals surface area (Å²) >= 11 is 1.64. The van der Waals surface area contributed by atoms with Gasteiger partial charge in [0.05, 0.1) is 29.8 Å². The average molecular weight is 595 g/mol. The van der Waals surface area contributed by atoms with Gasteiger partial charge < -0.3 is 24.5 Å². The van der Waals surface area contributed by atoms with Crippen LogP contribution >= 0.6 is 11.8 Å². The number of para-hydroxylation sites is 1. The van der Waals surface area contributed by atoms with Gasteiger partial charge in [0.1, 0.15) is 6.04 Å². The van der Waals surface area contributed by atoms with Crippen molar-refractivity contribution in [3.8, 4) is 0 Å². The molecule has 5 atom stereocenters. The highest BCUT2D eigenvalue weighted by Gasteiger charge is 2.70. The summed E-state index contributed by atoms with van der Waals surface area (Å²) < 4.78 is 4.70. The highest BCUT2D eigenvalue weighted by Crippen LogP contribution is 2.61. The number of benzene rings is 1. The third-order valence-corrected chi connectivity index (χ3v) is 11.2. The zero-order valence-corrected chi connectivity index (χ0v) is 25.0. The summed E-state index contributed by atoms with van der Waals surface area (Å²) in [6, 6.07) is 9.01. The van der Waals surface area contributed by atoms with Crippen LogP contribution in [-0.2, 0) is 19.1 Å². The molecule has 0 bridgehead atoms. The van der Waals surface area contributed by atoms with Crippen molar-refractivity contribution >= 4 is 35.2 Å². The molecule has 1 unspecified atom stereocenters. The van der Waals surface area contributed by atoms with Gasteiger partial charge in [-0.25, -0.2) is 0 Å². The monoisotopic (exact) mass is 594 g/mol. The number of likely N-dealkylation sites (tertiary alicyclic amines) is 1. The summed E-state index contributed by atoms with van der Waals surface area (Å²) in [6.45, 7) is 6.11. The number of aliphatic hydroxyl groups excluding tert-OH is 1. The normalized spacial score (nSPS) is 31.3. The van der Waals surface area contributed by atoms with E-state index in [0.29, 0.717) is 39.4 Å². The van der Waals surface area contributed by atoms with Crippen molar-refractivity contribution in [3.05, 3.63) is 54.6 Å². The SMILES string of the molecule is O=C1C2N(CCCCCCO)C(=O)[C@@H]3[C@@H]4C(=O)N(c5ccccc5)CC=C[C@@H]4S[C@]23C=CCN1CCN1CCOCC1. The van der Waals surface area contributed by atoms with Gasteiger partial charge in [-0.05, 0) is 25.0 Å². The lowest BCUT2D eigenvalue weighted by molar-refractivity contribution is -0.142. The molecule has 0 radical (unpaired) electrons. The predicted molar refractivity (Wildman–Crippen MR) is 163 cm³/mol. The minimum atomic E-state index is -0.790. The molecule has 6 rings (SSSR count). The number of thioether (sulfide) groups is 1. The van der Waals surface area contributed by atoms with Crippen molar-refractivity contribution in [1.29, 1.82) is 0 Å². The minimum absolute atomic E-state index is 0.0141. The van der Waals surface area contributed by atoms with E-state index in [4.69, 9.17) is 4.74 Å². The van der Waals surface area contributed by atoms with E-state index in [9.17, 15) is 19.5 Å². The van der Waals surface area contributed by atoms with Gasteiger partial charge in [0.2, 0.25) is 17.7 Å². The van der Waals surface area contributed by atoms with E-state index in [1.165, 1.54) is 0 Å². The molecule has 1 N–H and O–H groups in total. The van der Waals surface area contributed by atoms with E-state index >= 15 is 0 Å². The number of morpholine rings is 1. The van der Waals surface area contributed by atoms with Gasteiger partial charge >= 0.3 is 0 Å². The number of carbonyl (C=O) groups is 3. The van der Waals surface area contributed by atoms with Crippen LogP contribution in [0.1, 0.15) is 25.7 Å². The van der Waals surface area contributed by atoms with Gasteiger partial charge in [0.25, 0.3) is 0 Å². The maximum Gasteiger partial charge on any atom is 0.247 e. The molecule has 5 aliphatic heterocycles. The standard InChI is InChI=1S/C32H42N4O5S/c37-21-7-2-1-6-15-36-28-31(40)34(18-17-33-19-22-41-23-20-33)14-9-13-32(28)27(30(36)39)26-25(42-32)12-8-16-35(29(26)38)24-10-4-3-5-11-24/h3-5,8-13,25-28,37H,1-2,6-7,14-23H2/t25-,26+,27-,28?,32-/m0/s1. The van der Waals surface area contributed by atoms with Gasteiger partial charge in [-0.2, -0.15) is 0 Å². The van der Waals surface area contributed by atoms with Crippen LogP contribution < -0.4 is 4.90 Å². The number of rotatable bonds is 10. The van der Waals surface area contributed by atoms with Crippen molar-refractivity contribution in [2.45, 2.75) is 41.7 Å². The molecule has 0 aliphatic carbocycles. The van der Waals surface area contributed by atoms with Crippen LogP contribution in [0, 0.1) is 11.8 Å². The second-order valence-corrected chi connectivity index (χ2v) is 13.4. The minimum Gasteiger partial charge on any atom is -0.396 e. The molecule has 0 saturated carbocycles. The lowest BCUT2D eigenvalue weighted by Gasteiger charge is -2.36. The highest BCUT2D eigenvalue weighted by molar-refractivity contribution is 8.02. The average Bonchev–Trinajstić information content (AvgIpc) is 3.32. The van der Waals surface area contributed by atoms with E-state index in [-0.39, 0.29) is 29.6 Å². The zero-order chi connectivity index (χ0) is 29.1. The van der Waals surface area contributed by atoms with Crippen LogP contribution in [0.3, 0.4) is 0 Å². The Balaban J connectivity index is 1.30. The molecule has 1 aromatic carbocycles. The largest absolute Gasteiger partial charge is 0.396 e. The van der Waals surface area contributed by atoms with Gasteiger partial charge in [-0.15, -0.1) is 11.8 Å². The lowest BCUT2D eigenvalue weighted by atomic mass is 9.78. The smallest absolute Gasteiger partial charge is 0.247 e. The third kappa shape index (κ3) is 5.42. The van der Waals surface area contributed by atoms with E-state index in [1.54, 1.807) is 21.6 Å². The van der Waals surface area contributed by atoms with Gasteiger partial charge in [-0.1, -0.05) is 55.3 Å². The Hall–Kier alpha value is -2.66. The summed E-state index contributed by atoms with van der Waals surface area (Å²) in [7, 11) is 0. The van der Waals surface area contributed by atoms with Crippen LogP contribution in [0.2, 0.25) is 0 Å². The number of hydrogen-bond donors (Lipinski definition) is 1. The second kappa shape index (κ2) is 12.9. The van der Waals surface area contributed by atoms with Crippen LogP contribution in [-0.4, -0.2) is 119 Å². The number of anilines is 1. The van der Waals surface area contributed by atoms with E-state index in [2.05, 4.69) is 23.1 Å². The van der Waals surface area contributed by atoms with E-state index < -0.39 is 22.6 Å².